The Morgan fingerprint density at radius 3 is 3.07 bits per heavy atom. The van der Waals surface area contributed by atoms with Gasteiger partial charge in [0.1, 0.15) is 0 Å². The molecule has 154 valence electrons. The fourth-order valence-electron chi connectivity index (χ4n) is 3.21. The quantitative estimate of drug-likeness (QED) is 0.384. The van der Waals surface area contributed by atoms with Gasteiger partial charge in [-0.3, -0.25) is 4.79 Å². The molecule has 1 saturated heterocycles. The molecule has 0 spiro atoms. The molecule has 3 atom stereocenters. The summed E-state index contributed by atoms with van der Waals surface area (Å²) in [4.78, 5) is 10.5. The third kappa shape index (κ3) is 6.40. The molecule has 2 aromatic rings. The third-order valence-electron chi connectivity index (χ3n) is 4.78. The number of carboxylic acids is 1. The first kappa shape index (κ1) is 21.0. The van der Waals surface area contributed by atoms with Crippen molar-refractivity contribution in [2.75, 3.05) is 13.2 Å². The van der Waals surface area contributed by atoms with E-state index in [-0.39, 0.29) is 24.7 Å². The van der Waals surface area contributed by atoms with Gasteiger partial charge in [-0.25, -0.2) is 0 Å². The number of carbonyl (C=O) groups is 1. The minimum Gasteiger partial charge on any atom is -0.481 e. The number of ether oxygens (including phenoxy) is 2. The van der Waals surface area contributed by atoms with Crippen LogP contribution < -0.4 is 0 Å². The van der Waals surface area contributed by atoms with Crippen LogP contribution in [-0.4, -0.2) is 46.8 Å². The first-order valence-corrected chi connectivity index (χ1v) is 9.85. The molecule has 0 bridgehead atoms. The maximum Gasteiger partial charge on any atom is 0.303 e. The van der Waals surface area contributed by atoms with E-state index in [1.807, 2.05) is 37.3 Å². The highest BCUT2D eigenvalue weighted by molar-refractivity contribution is 5.89. The van der Waals surface area contributed by atoms with Crippen molar-refractivity contribution in [3.63, 3.8) is 0 Å². The van der Waals surface area contributed by atoms with Crippen LogP contribution in [0.3, 0.4) is 0 Å². The number of unbranched alkanes of at least 4 members (excludes halogenated alkanes) is 1. The molecule has 1 fully saturated rings. The number of aromatic nitrogens is 2. The summed E-state index contributed by atoms with van der Waals surface area (Å²) in [7, 11) is 0. The van der Waals surface area contributed by atoms with E-state index in [9.17, 15) is 4.79 Å². The first-order chi connectivity index (χ1) is 14.1. The molecule has 0 aliphatic carbocycles. The molecular weight excluding hydrogens is 372 g/mol. The Morgan fingerprint density at radius 1 is 1.34 bits per heavy atom. The predicted octanol–water partition coefficient (Wildman–Crippen LogP) is 4.29. The van der Waals surface area contributed by atoms with Crippen LogP contribution in [0.5, 0.6) is 0 Å². The third-order valence-corrected chi connectivity index (χ3v) is 4.78. The second kappa shape index (κ2) is 10.7. The maximum absolute atomic E-state index is 10.5. The molecule has 1 aliphatic rings. The Bertz CT molecular complexity index is 865. The number of aliphatic carboxylic acids is 1. The summed E-state index contributed by atoms with van der Waals surface area (Å²) in [6, 6.07) is 7.79. The highest BCUT2D eigenvalue weighted by Gasteiger charge is 2.29. The van der Waals surface area contributed by atoms with Crippen molar-refractivity contribution in [1.29, 1.82) is 0 Å². The monoisotopic (exact) mass is 398 g/mol. The van der Waals surface area contributed by atoms with Gasteiger partial charge >= 0.3 is 5.97 Å². The number of rotatable bonds is 9. The molecule has 1 N–H and O–H groups in total. The normalized spacial score (nSPS) is 22.6. The van der Waals surface area contributed by atoms with Crippen LogP contribution in [0.2, 0.25) is 0 Å². The lowest BCUT2D eigenvalue weighted by molar-refractivity contribution is -0.223. The number of benzene rings is 1. The maximum atomic E-state index is 10.5. The van der Waals surface area contributed by atoms with Crippen LogP contribution >= 0.6 is 0 Å². The fraction of sp³-hybridized carbons (Fsp3) is 0.476. The van der Waals surface area contributed by atoms with Crippen LogP contribution in [-0.2, 0) is 14.3 Å². The van der Waals surface area contributed by atoms with Gasteiger partial charge in [0.2, 0.25) is 5.82 Å². The van der Waals surface area contributed by atoms with Gasteiger partial charge < -0.3 is 14.6 Å². The molecule has 8 heteroatoms. The van der Waals surface area contributed by atoms with Gasteiger partial charge in [-0.1, -0.05) is 36.4 Å². The van der Waals surface area contributed by atoms with Crippen LogP contribution in [0.4, 0.5) is 5.82 Å². The Labute approximate surface area is 169 Å². The summed E-state index contributed by atoms with van der Waals surface area (Å²) >= 11 is 0. The molecule has 29 heavy (non-hydrogen) atoms. The van der Waals surface area contributed by atoms with Gasteiger partial charge in [-0.05, 0) is 26.2 Å². The van der Waals surface area contributed by atoms with Crippen molar-refractivity contribution >= 4 is 22.6 Å². The highest BCUT2D eigenvalue weighted by Crippen LogP contribution is 2.25. The average Bonchev–Trinajstić information content (AvgIpc) is 2.72. The number of hydrogen-bond donors (Lipinski definition) is 1. The predicted molar refractivity (Wildman–Crippen MR) is 108 cm³/mol. The molecule has 0 unspecified atom stereocenters. The van der Waals surface area contributed by atoms with E-state index in [2.05, 4.69) is 26.5 Å². The average molecular weight is 398 g/mol. The molecule has 3 rings (SSSR count). The van der Waals surface area contributed by atoms with E-state index in [1.165, 1.54) is 0 Å². The fourth-order valence-corrected chi connectivity index (χ4v) is 3.21. The van der Waals surface area contributed by atoms with Crippen molar-refractivity contribution < 1.29 is 19.4 Å². The summed E-state index contributed by atoms with van der Waals surface area (Å²) in [5.41, 5.74) is 0. The molecule has 8 nitrogen and oxygen atoms in total. The lowest BCUT2D eigenvalue weighted by Gasteiger charge is -2.33. The van der Waals surface area contributed by atoms with E-state index < -0.39 is 5.97 Å². The molecule has 1 aromatic heterocycles. The SMILES string of the molecule is C[C@@H]1OC[C@H](CC=CCCCC(=O)O)[C@H](CN=Nc2nncc3ccccc23)O1. The summed E-state index contributed by atoms with van der Waals surface area (Å²) in [5.74, 6) is -0.0969. The minimum atomic E-state index is -0.761. The number of allylic oxidation sites excluding steroid dienone is 2. The molecule has 2 heterocycles. The Kier molecular flexibility index (Phi) is 7.77. The van der Waals surface area contributed by atoms with Gasteiger partial charge in [0, 0.05) is 23.1 Å². The molecule has 0 saturated carbocycles. The lowest BCUT2D eigenvalue weighted by atomic mass is 9.97. The summed E-state index contributed by atoms with van der Waals surface area (Å²) in [5, 5.41) is 27.2. The standard InChI is InChI=1S/C21H26N4O4/c1-15-28-14-17(9-4-2-3-5-11-20(26)27)19(29-15)13-23-25-21-18-10-7-6-8-16(18)12-22-24-21/h2,4,6-8,10,12,15,17,19H,3,5,9,11,13-14H2,1H3,(H,26,27)/t15-,17+,19+/m1/s1. The Balaban J connectivity index is 1.57. The molecule has 1 aliphatic heterocycles. The lowest BCUT2D eigenvalue weighted by Crippen LogP contribution is -2.40. The van der Waals surface area contributed by atoms with Crippen molar-refractivity contribution in [2.24, 2.45) is 16.1 Å². The van der Waals surface area contributed by atoms with Crippen LogP contribution in [0.15, 0.2) is 52.8 Å². The zero-order chi connectivity index (χ0) is 20.5. The zero-order valence-electron chi connectivity index (χ0n) is 16.5. The molecule has 0 radical (unpaired) electrons. The van der Waals surface area contributed by atoms with E-state index in [4.69, 9.17) is 14.6 Å². The number of fused-ring (bicyclic) bond motifs is 1. The topological polar surface area (TPSA) is 106 Å². The highest BCUT2D eigenvalue weighted by atomic mass is 16.7. The van der Waals surface area contributed by atoms with E-state index in [0.29, 0.717) is 25.4 Å². The van der Waals surface area contributed by atoms with Crippen molar-refractivity contribution in [1.82, 2.24) is 10.2 Å². The summed E-state index contributed by atoms with van der Waals surface area (Å²) in [6.45, 7) is 2.88. The largest absolute Gasteiger partial charge is 0.481 e. The zero-order valence-corrected chi connectivity index (χ0v) is 16.5. The molecule has 0 amide bonds. The Hall–Kier alpha value is -2.71. The van der Waals surface area contributed by atoms with Gasteiger partial charge in [0.25, 0.3) is 0 Å². The van der Waals surface area contributed by atoms with Gasteiger partial charge in [-0.15, -0.1) is 10.2 Å². The molecular formula is C21H26N4O4. The van der Waals surface area contributed by atoms with E-state index in [0.717, 1.165) is 23.6 Å². The van der Waals surface area contributed by atoms with Crippen LogP contribution in [0.1, 0.15) is 32.6 Å². The first-order valence-electron chi connectivity index (χ1n) is 9.85. The van der Waals surface area contributed by atoms with Gasteiger partial charge in [-0.2, -0.15) is 10.2 Å². The van der Waals surface area contributed by atoms with Crippen LogP contribution in [0, 0.1) is 5.92 Å². The Morgan fingerprint density at radius 2 is 2.21 bits per heavy atom. The minimum absolute atomic E-state index is 0.103. The second-order valence-electron chi connectivity index (χ2n) is 7.01. The second-order valence-corrected chi connectivity index (χ2v) is 7.01. The van der Waals surface area contributed by atoms with Gasteiger partial charge in [0.05, 0.1) is 25.5 Å². The number of nitrogens with zero attached hydrogens (tertiary/aromatic N) is 4. The van der Waals surface area contributed by atoms with Crippen molar-refractivity contribution in [3.05, 3.63) is 42.6 Å². The smallest absolute Gasteiger partial charge is 0.303 e. The van der Waals surface area contributed by atoms with Crippen molar-refractivity contribution in [2.45, 2.75) is 45.0 Å². The summed E-state index contributed by atoms with van der Waals surface area (Å²) in [6.07, 6.45) is 7.78. The number of azo groups is 1. The van der Waals surface area contributed by atoms with E-state index in [1.54, 1.807) is 6.20 Å². The number of carboxylic acid groups (broad SMARTS) is 1. The van der Waals surface area contributed by atoms with Gasteiger partial charge in [0.15, 0.2) is 6.29 Å². The summed E-state index contributed by atoms with van der Waals surface area (Å²) < 4.78 is 11.5. The van der Waals surface area contributed by atoms with Crippen LogP contribution in [0.25, 0.3) is 10.8 Å². The number of hydrogen-bond acceptors (Lipinski definition) is 7. The molecule has 1 aromatic carbocycles. The van der Waals surface area contributed by atoms with E-state index >= 15 is 0 Å². The van der Waals surface area contributed by atoms with Crippen molar-refractivity contribution in [3.8, 4) is 0 Å².